The topological polar surface area (TPSA) is 0 Å². The summed E-state index contributed by atoms with van der Waals surface area (Å²) in [5.41, 5.74) is 0. The SMILES string of the molecule is B[N+]1(C)CC[N+](B)(C)CC1. The maximum absolute atomic E-state index is 2.32. The Morgan fingerprint density at radius 3 is 1.20 bits per heavy atom. The van der Waals surface area contributed by atoms with Crippen molar-refractivity contribution in [1.82, 2.24) is 0 Å². The molecule has 0 radical (unpaired) electrons. The van der Waals surface area contributed by atoms with Crippen molar-refractivity contribution in [3.8, 4) is 0 Å². The van der Waals surface area contributed by atoms with E-state index in [4.69, 9.17) is 0 Å². The predicted octanol–water partition coefficient (Wildman–Crippen LogP) is -2.01. The number of hydrogen-bond acceptors (Lipinski definition) is 0. The summed E-state index contributed by atoms with van der Waals surface area (Å²) in [5.74, 6) is 0. The zero-order valence-corrected chi connectivity index (χ0v) is 7.72. The Morgan fingerprint density at radius 2 is 1.00 bits per heavy atom. The lowest BCUT2D eigenvalue weighted by Crippen LogP contribution is -2.62. The first-order chi connectivity index (χ1) is 4.41. The van der Waals surface area contributed by atoms with E-state index < -0.39 is 0 Å². The van der Waals surface area contributed by atoms with Crippen molar-refractivity contribution >= 4 is 16.0 Å². The molecule has 0 spiro atoms. The second kappa shape index (κ2) is 2.28. The molecule has 0 atom stereocenters. The Morgan fingerprint density at radius 1 is 0.800 bits per heavy atom. The molecule has 1 aliphatic heterocycles. The maximum Gasteiger partial charge on any atom is 0.373 e. The van der Waals surface area contributed by atoms with E-state index in [1.807, 2.05) is 0 Å². The van der Waals surface area contributed by atoms with E-state index in [1.54, 1.807) is 0 Å². The normalized spacial score (nSPS) is 49.0. The molecule has 0 N–H and O–H groups in total. The minimum Gasteiger partial charge on any atom is -0.393 e. The van der Waals surface area contributed by atoms with Crippen molar-refractivity contribution in [2.45, 2.75) is 0 Å². The van der Waals surface area contributed by atoms with Gasteiger partial charge in [-0.3, -0.25) is 0 Å². The van der Waals surface area contributed by atoms with E-state index >= 15 is 0 Å². The summed E-state index contributed by atoms with van der Waals surface area (Å²) in [4.78, 5) is 0. The molecule has 56 valence electrons. The molecule has 0 saturated carbocycles. The summed E-state index contributed by atoms with van der Waals surface area (Å²) in [7, 11) is 9.27. The lowest BCUT2D eigenvalue weighted by Gasteiger charge is -2.44. The fourth-order valence-electron chi connectivity index (χ4n) is 1.31. The van der Waals surface area contributed by atoms with Crippen LogP contribution in [0.25, 0.3) is 0 Å². The van der Waals surface area contributed by atoms with Crippen LogP contribution in [0.1, 0.15) is 0 Å². The summed E-state index contributed by atoms with van der Waals surface area (Å²) in [5, 5.41) is 0. The Balaban J connectivity index is 2.46. The Kier molecular flexibility index (Phi) is 1.86. The molecule has 4 heteroatoms. The molecule has 10 heavy (non-hydrogen) atoms. The van der Waals surface area contributed by atoms with Gasteiger partial charge in [0.2, 0.25) is 0 Å². The second-order valence-corrected chi connectivity index (χ2v) is 4.77. The molecule has 0 aliphatic carbocycles. The molecule has 0 bridgehead atoms. The summed E-state index contributed by atoms with van der Waals surface area (Å²) < 4.78 is 2.42. The van der Waals surface area contributed by atoms with Crippen LogP contribution in [0.5, 0.6) is 0 Å². The number of likely N-dealkylation sites (N-methyl/N-ethyl adjacent to an activating group) is 2. The molecule has 1 heterocycles. The quantitative estimate of drug-likeness (QED) is 0.341. The van der Waals surface area contributed by atoms with Crippen LogP contribution in [0.2, 0.25) is 0 Å². The van der Waals surface area contributed by atoms with Gasteiger partial charge >= 0.3 is 16.0 Å². The summed E-state index contributed by atoms with van der Waals surface area (Å²) in [6.07, 6.45) is 0. The van der Waals surface area contributed by atoms with Gasteiger partial charge in [-0.25, -0.2) is 0 Å². The monoisotopic (exact) mass is 140 g/mol. The van der Waals surface area contributed by atoms with E-state index in [1.165, 1.54) is 35.0 Å². The highest BCUT2D eigenvalue weighted by Gasteiger charge is 2.29. The molecule has 2 nitrogen and oxygen atoms in total. The highest BCUT2D eigenvalue weighted by Crippen LogP contribution is 2.08. The Bertz CT molecular complexity index is 106. The van der Waals surface area contributed by atoms with Crippen molar-refractivity contribution in [1.29, 1.82) is 0 Å². The highest BCUT2D eigenvalue weighted by atomic mass is 15.4. The van der Waals surface area contributed by atoms with E-state index in [0.29, 0.717) is 0 Å². The first-order valence-electron chi connectivity index (χ1n) is 4.05. The standard InChI is InChI=1S/C6H18B2N2/c1-9(7)3-5-10(2,8)6-4-9/h3-8H2,1-2H3/q+2. The molecule has 1 rings (SSSR count). The van der Waals surface area contributed by atoms with Gasteiger partial charge in [0.15, 0.2) is 0 Å². The molecule has 0 aromatic carbocycles. The van der Waals surface area contributed by atoms with Crippen LogP contribution in [-0.2, 0) is 0 Å². The molecule has 1 fully saturated rings. The van der Waals surface area contributed by atoms with E-state index in [-0.39, 0.29) is 0 Å². The summed E-state index contributed by atoms with van der Waals surface area (Å²) in [6.45, 7) is 5.31. The smallest absolute Gasteiger partial charge is 0.373 e. The predicted molar refractivity (Wildman–Crippen MR) is 48.9 cm³/mol. The molecule has 1 aliphatic rings. The van der Waals surface area contributed by atoms with Crippen LogP contribution in [-0.4, -0.2) is 65.0 Å². The van der Waals surface area contributed by atoms with Crippen molar-refractivity contribution in [2.24, 2.45) is 0 Å². The van der Waals surface area contributed by atoms with Crippen LogP contribution in [0.4, 0.5) is 0 Å². The molecule has 0 aromatic heterocycles. The van der Waals surface area contributed by atoms with Gasteiger partial charge in [0.1, 0.15) is 26.2 Å². The Hall–Kier alpha value is 0.0499. The second-order valence-electron chi connectivity index (χ2n) is 4.77. The third kappa shape index (κ3) is 2.03. The maximum atomic E-state index is 2.32. The molecular formula is C6H18B2N2+2. The number of hydrogen-bond donors (Lipinski definition) is 0. The third-order valence-corrected chi connectivity index (χ3v) is 2.62. The van der Waals surface area contributed by atoms with Gasteiger partial charge < -0.3 is 8.79 Å². The summed E-state index contributed by atoms with van der Waals surface area (Å²) in [6, 6.07) is 0. The van der Waals surface area contributed by atoms with Crippen molar-refractivity contribution in [3.63, 3.8) is 0 Å². The van der Waals surface area contributed by atoms with Gasteiger partial charge in [0, 0.05) is 14.1 Å². The zero-order valence-electron chi connectivity index (χ0n) is 7.72. The largest absolute Gasteiger partial charge is 0.393 e. The van der Waals surface area contributed by atoms with E-state index in [2.05, 4.69) is 30.1 Å². The van der Waals surface area contributed by atoms with Gasteiger partial charge in [0.25, 0.3) is 0 Å². The van der Waals surface area contributed by atoms with Crippen molar-refractivity contribution in [2.75, 3.05) is 40.3 Å². The zero-order chi connectivity index (χ0) is 7.83. The number of nitrogens with zero attached hydrogens (tertiary/aromatic N) is 2. The van der Waals surface area contributed by atoms with Crippen LogP contribution in [0.15, 0.2) is 0 Å². The Labute approximate surface area is 65.8 Å². The highest BCUT2D eigenvalue weighted by molar-refractivity contribution is 5.98. The first-order valence-corrected chi connectivity index (χ1v) is 4.05. The number of piperazine rings is 1. The lowest BCUT2D eigenvalue weighted by atomic mass is 10.1. The van der Waals surface area contributed by atoms with Crippen LogP contribution in [0.3, 0.4) is 0 Å². The lowest BCUT2D eigenvalue weighted by molar-refractivity contribution is -0.912. The average Bonchev–Trinajstić information content (AvgIpc) is 1.79. The number of rotatable bonds is 0. The van der Waals surface area contributed by atoms with Crippen LogP contribution >= 0.6 is 0 Å². The molecule has 1 saturated heterocycles. The summed E-state index contributed by atoms with van der Waals surface area (Å²) >= 11 is 0. The van der Waals surface area contributed by atoms with Gasteiger partial charge in [0.05, 0.1) is 0 Å². The van der Waals surface area contributed by atoms with Crippen molar-refractivity contribution in [3.05, 3.63) is 0 Å². The minimum absolute atomic E-state index is 1.21. The average molecular weight is 140 g/mol. The van der Waals surface area contributed by atoms with E-state index in [9.17, 15) is 0 Å². The van der Waals surface area contributed by atoms with Crippen LogP contribution < -0.4 is 0 Å². The van der Waals surface area contributed by atoms with E-state index in [0.717, 1.165) is 0 Å². The molecular weight excluding hydrogens is 122 g/mol. The molecule has 0 aromatic rings. The van der Waals surface area contributed by atoms with Gasteiger partial charge in [-0.05, 0) is 0 Å². The fraction of sp³-hybridized carbons (Fsp3) is 1.00. The first kappa shape index (κ1) is 8.15. The van der Waals surface area contributed by atoms with Gasteiger partial charge in [-0.1, -0.05) is 0 Å². The van der Waals surface area contributed by atoms with Gasteiger partial charge in [-0.2, -0.15) is 0 Å². The van der Waals surface area contributed by atoms with Crippen LogP contribution in [0, 0.1) is 0 Å². The fourth-order valence-corrected chi connectivity index (χ4v) is 1.31. The molecule has 0 amide bonds. The molecule has 0 unspecified atom stereocenters. The van der Waals surface area contributed by atoms with Crippen molar-refractivity contribution < 1.29 is 8.79 Å². The third-order valence-electron chi connectivity index (χ3n) is 2.62. The minimum atomic E-state index is 1.21. The number of quaternary nitrogens is 2. The van der Waals surface area contributed by atoms with Gasteiger partial charge in [-0.15, -0.1) is 0 Å².